The summed E-state index contributed by atoms with van der Waals surface area (Å²) in [5.41, 5.74) is 5.61. The van der Waals surface area contributed by atoms with E-state index in [9.17, 15) is 28.5 Å². The molecule has 10 nitrogen and oxygen atoms in total. The highest BCUT2D eigenvalue weighted by Gasteiger charge is 2.32. The van der Waals surface area contributed by atoms with Crippen molar-refractivity contribution in [1.29, 1.82) is 0 Å². The molecule has 4 aromatic rings. The van der Waals surface area contributed by atoms with E-state index >= 15 is 0 Å². The Morgan fingerprint density at radius 2 is 2.05 bits per heavy atom. The van der Waals surface area contributed by atoms with Crippen LogP contribution in [0.5, 0.6) is 5.75 Å². The van der Waals surface area contributed by atoms with Gasteiger partial charge in [-0.15, -0.1) is 11.3 Å². The number of benzene rings is 1. The van der Waals surface area contributed by atoms with Crippen LogP contribution in [0, 0.1) is 10.1 Å². The van der Waals surface area contributed by atoms with Crippen LogP contribution in [-0.2, 0) is 6.61 Å². The van der Waals surface area contributed by atoms with Gasteiger partial charge >= 0.3 is 0 Å². The van der Waals surface area contributed by atoms with Crippen molar-refractivity contribution in [3.8, 4) is 5.75 Å². The molecule has 196 valence electrons. The van der Waals surface area contributed by atoms with Gasteiger partial charge in [-0.2, -0.15) is 0 Å². The van der Waals surface area contributed by atoms with Gasteiger partial charge in [-0.25, -0.2) is 13.8 Å². The van der Waals surface area contributed by atoms with Crippen LogP contribution in [-0.4, -0.2) is 21.7 Å². The Kier molecular flexibility index (Phi) is 6.71. The summed E-state index contributed by atoms with van der Waals surface area (Å²) in [5, 5.41) is 13.9. The number of primary amides is 1. The Morgan fingerprint density at radius 3 is 2.68 bits per heavy atom. The van der Waals surface area contributed by atoms with Gasteiger partial charge in [-0.3, -0.25) is 19.7 Å². The molecule has 0 saturated heterocycles. The number of nitro benzene ring substituents is 1. The number of nitrogens with two attached hydrogens (primary N) is 1. The molecule has 0 aliphatic heterocycles. The minimum Gasteiger partial charge on any atom is -0.484 e. The van der Waals surface area contributed by atoms with Crippen LogP contribution in [0.1, 0.15) is 62.4 Å². The lowest BCUT2D eigenvalue weighted by Gasteiger charge is -2.09. The number of carbonyl (C=O) groups excluding carboxylic acids is 2. The first-order chi connectivity index (χ1) is 18.1. The van der Waals surface area contributed by atoms with Crippen LogP contribution in [0.15, 0.2) is 40.8 Å². The number of thiophene rings is 1. The Hall–Kier alpha value is -4.10. The Labute approximate surface area is 221 Å². The standard InChI is InChI=1S/C24H17ClF2N4O6S/c25-14-7-11(31(34)35)3-5-16(14)36-9-12-4-6-17(37-12)23(33)30-19-18-13(10-1-2-10)8-15(21(26)27)29-24(18)38-20(19)22(28)32/h3-8,10,21H,1-2,9H2,(H2,28,32)(H,30,33). The van der Waals surface area contributed by atoms with Crippen LogP contribution in [0.3, 0.4) is 0 Å². The third kappa shape index (κ3) is 5.02. The second-order valence-electron chi connectivity index (χ2n) is 8.44. The van der Waals surface area contributed by atoms with Gasteiger partial charge in [0.15, 0.2) is 5.76 Å². The van der Waals surface area contributed by atoms with Gasteiger partial charge < -0.3 is 20.2 Å². The number of aromatic nitrogens is 1. The van der Waals surface area contributed by atoms with E-state index in [4.69, 9.17) is 26.5 Å². The number of anilines is 1. The number of alkyl halides is 2. The van der Waals surface area contributed by atoms with E-state index in [1.807, 2.05) is 0 Å². The highest BCUT2D eigenvalue weighted by Crippen LogP contribution is 2.48. The summed E-state index contributed by atoms with van der Waals surface area (Å²) in [7, 11) is 0. The van der Waals surface area contributed by atoms with E-state index in [1.54, 1.807) is 0 Å². The topological polar surface area (TPSA) is 151 Å². The lowest BCUT2D eigenvalue weighted by atomic mass is 10.0. The molecule has 3 N–H and O–H groups in total. The van der Waals surface area contributed by atoms with Crippen molar-refractivity contribution < 1.29 is 32.4 Å². The molecule has 1 aliphatic rings. The van der Waals surface area contributed by atoms with Gasteiger partial charge in [-0.1, -0.05) is 11.6 Å². The Bertz CT molecular complexity index is 1600. The number of non-ortho nitro benzene ring substituents is 1. The number of rotatable bonds is 9. The smallest absolute Gasteiger partial charge is 0.291 e. The van der Waals surface area contributed by atoms with Crippen molar-refractivity contribution in [2.75, 3.05) is 5.32 Å². The molecule has 1 aliphatic carbocycles. The number of furan rings is 1. The number of hydrogen-bond acceptors (Lipinski definition) is 8. The fourth-order valence-electron chi connectivity index (χ4n) is 3.89. The number of hydrogen-bond donors (Lipinski definition) is 2. The van der Waals surface area contributed by atoms with Gasteiger partial charge in [-0.05, 0) is 48.6 Å². The number of nitro groups is 1. The molecule has 3 aromatic heterocycles. The van der Waals surface area contributed by atoms with Crippen molar-refractivity contribution in [2.24, 2.45) is 5.73 Å². The molecule has 1 fully saturated rings. The first-order valence-corrected chi connectivity index (χ1v) is 12.3. The average Bonchev–Trinajstić information content (AvgIpc) is 3.49. The fraction of sp³-hybridized carbons (Fsp3) is 0.208. The predicted molar refractivity (Wildman–Crippen MR) is 134 cm³/mol. The van der Waals surface area contributed by atoms with Crippen LogP contribution in [0.4, 0.5) is 20.2 Å². The van der Waals surface area contributed by atoms with Crippen LogP contribution in [0.2, 0.25) is 5.02 Å². The largest absolute Gasteiger partial charge is 0.484 e. The first kappa shape index (κ1) is 25.5. The molecule has 0 atom stereocenters. The van der Waals surface area contributed by atoms with E-state index in [2.05, 4.69) is 10.3 Å². The number of pyridine rings is 1. The molecule has 0 radical (unpaired) electrons. The average molecular weight is 563 g/mol. The van der Waals surface area contributed by atoms with E-state index < -0.39 is 28.9 Å². The maximum atomic E-state index is 13.4. The lowest BCUT2D eigenvalue weighted by Crippen LogP contribution is -2.16. The number of amides is 2. The van der Waals surface area contributed by atoms with E-state index in [0.717, 1.165) is 30.2 Å². The van der Waals surface area contributed by atoms with Gasteiger partial charge in [0.05, 0.1) is 15.6 Å². The van der Waals surface area contributed by atoms with Crippen molar-refractivity contribution in [2.45, 2.75) is 31.8 Å². The molecular formula is C24H17ClF2N4O6S. The third-order valence-corrected chi connectivity index (χ3v) is 7.19. The molecular weight excluding hydrogens is 546 g/mol. The SMILES string of the molecule is NC(=O)c1sc2nc(C(F)F)cc(C3CC3)c2c1NC(=O)c1ccc(COc2ccc([N+](=O)[O-])cc2Cl)o1. The monoisotopic (exact) mass is 562 g/mol. The molecule has 1 aromatic carbocycles. The normalized spacial score (nSPS) is 13.2. The summed E-state index contributed by atoms with van der Waals surface area (Å²) in [4.78, 5) is 39.6. The zero-order valence-electron chi connectivity index (χ0n) is 19.2. The first-order valence-electron chi connectivity index (χ1n) is 11.1. The highest BCUT2D eigenvalue weighted by molar-refractivity contribution is 7.21. The van der Waals surface area contributed by atoms with Crippen LogP contribution in [0.25, 0.3) is 10.2 Å². The molecule has 5 rings (SSSR count). The van der Waals surface area contributed by atoms with Crippen LogP contribution >= 0.6 is 22.9 Å². The number of nitrogens with one attached hydrogen (secondary N) is 1. The number of halogens is 3. The minimum atomic E-state index is -2.79. The molecule has 38 heavy (non-hydrogen) atoms. The van der Waals surface area contributed by atoms with Crippen LogP contribution < -0.4 is 15.8 Å². The molecule has 0 spiro atoms. The van der Waals surface area contributed by atoms with Gasteiger partial charge in [0, 0.05) is 17.5 Å². The Balaban J connectivity index is 1.39. The number of ether oxygens (including phenoxy) is 1. The molecule has 14 heteroatoms. The third-order valence-electron chi connectivity index (χ3n) is 5.80. The number of nitrogens with zero attached hydrogens (tertiary/aromatic N) is 2. The maximum Gasteiger partial charge on any atom is 0.291 e. The van der Waals surface area contributed by atoms with Crippen molar-refractivity contribution in [3.63, 3.8) is 0 Å². The fourth-order valence-corrected chi connectivity index (χ4v) is 5.14. The van der Waals surface area contributed by atoms with Crippen molar-refractivity contribution in [1.82, 2.24) is 4.98 Å². The summed E-state index contributed by atoms with van der Waals surface area (Å²) in [6.45, 7) is -0.134. The lowest BCUT2D eigenvalue weighted by molar-refractivity contribution is -0.384. The summed E-state index contributed by atoms with van der Waals surface area (Å²) in [5.74, 6) is -1.21. The number of carbonyl (C=O) groups is 2. The Morgan fingerprint density at radius 1 is 1.29 bits per heavy atom. The second kappa shape index (κ2) is 9.99. The summed E-state index contributed by atoms with van der Waals surface area (Å²) < 4.78 is 37.9. The highest BCUT2D eigenvalue weighted by atomic mass is 35.5. The van der Waals surface area contributed by atoms with Crippen molar-refractivity contribution >= 4 is 56.3 Å². The number of fused-ring (bicyclic) bond motifs is 1. The molecule has 3 heterocycles. The van der Waals surface area contributed by atoms with Gasteiger partial charge in [0.1, 0.15) is 33.5 Å². The van der Waals surface area contributed by atoms with E-state index in [-0.39, 0.29) is 55.9 Å². The minimum absolute atomic E-state index is 0.0163. The molecule has 1 saturated carbocycles. The van der Waals surface area contributed by atoms with Crippen molar-refractivity contribution in [3.05, 3.63) is 79.2 Å². The summed E-state index contributed by atoms with van der Waals surface area (Å²) >= 11 is 6.86. The summed E-state index contributed by atoms with van der Waals surface area (Å²) in [6, 6.07) is 7.91. The maximum absolute atomic E-state index is 13.4. The molecule has 0 unspecified atom stereocenters. The summed E-state index contributed by atoms with van der Waals surface area (Å²) in [6.07, 6.45) is -1.21. The molecule has 2 amide bonds. The van der Waals surface area contributed by atoms with E-state index in [1.165, 1.54) is 30.3 Å². The quantitative estimate of drug-likeness (QED) is 0.182. The van der Waals surface area contributed by atoms with Gasteiger partial charge in [0.25, 0.3) is 23.9 Å². The zero-order chi connectivity index (χ0) is 27.1. The van der Waals surface area contributed by atoms with E-state index in [0.29, 0.717) is 10.9 Å². The molecule has 0 bridgehead atoms. The second-order valence-corrected chi connectivity index (χ2v) is 9.85. The predicted octanol–water partition coefficient (Wildman–Crippen LogP) is 6.20. The van der Waals surface area contributed by atoms with Gasteiger partial charge in [0.2, 0.25) is 0 Å². The zero-order valence-corrected chi connectivity index (χ0v) is 20.8.